The number of nitrogens with zero attached hydrogens (tertiary/aromatic N) is 1. The Hall–Kier alpha value is -1.62. The molecule has 0 aliphatic heterocycles. The van der Waals surface area contributed by atoms with Crippen LogP contribution in [0.5, 0.6) is 0 Å². The highest BCUT2D eigenvalue weighted by Gasteiger charge is 2.34. The maximum atomic E-state index is 6.00. The van der Waals surface area contributed by atoms with Gasteiger partial charge in [-0.25, -0.2) is 4.98 Å². The highest BCUT2D eigenvalue weighted by atomic mass is 35.5. The van der Waals surface area contributed by atoms with Gasteiger partial charge in [-0.15, -0.1) is 0 Å². The molecule has 0 radical (unpaired) electrons. The first-order valence-electron chi connectivity index (χ1n) is 6.15. The monoisotopic (exact) mass is 274 g/mol. The Bertz CT molecular complexity index is 614. The van der Waals surface area contributed by atoms with Gasteiger partial charge in [0.2, 0.25) is 0 Å². The van der Waals surface area contributed by atoms with Crippen molar-refractivity contribution in [1.29, 1.82) is 0 Å². The molecule has 3 rings (SSSR count). The van der Waals surface area contributed by atoms with Crippen LogP contribution in [-0.4, -0.2) is 4.98 Å². The van der Waals surface area contributed by atoms with Crippen LogP contribution in [0, 0.1) is 0 Å². The number of aromatic nitrogens is 1. The molecule has 5 N–H and O–H groups in total. The maximum absolute atomic E-state index is 6.00. The van der Waals surface area contributed by atoms with Crippen LogP contribution in [0.2, 0.25) is 5.02 Å². The van der Waals surface area contributed by atoms with Gasteiger partial charge in [0, 0.05) is 17.7 Å². The van der Waals surface area contributed by atoms with Crippen molar-refractivity contribution in [2.75, 3.05) is 5.73 Å². The fourth-order valence-electron chi connectivity index (χ4n) is 2.73. The smallest absolute Gasteiger partial charge is 0.128 e. The minimum Gasteiger partial charge on any atom is -0.383 e. The van der Waals surface area contributed by atoms with Gasteiger partial charge < -0.3 is 5.73 Å². The Morgan fingerprint density at radius 1 is 1.37 bits per heavy atom. The van der Waals surface area contributed by atoms with Crippen molar-refractivity contribution in [1.82, 2.24) is 10.4 Å². The molecule has 0 bridgehead atoms. The van der Waals surface area contributed by atoms with E-state index in [4.69, 9.17) is 23.2 Å². The molecule has 2 aromatic rings. The van der Waals surface area contributed by atoms with E-state index in [0.717, 1.165) is 12.0 Å². The summed E-state index contributed by atoms with van der Waals surface area (Å²) in [7, 11) is 0. The summed E-state index contributed by atoms with van der Waals surface area (Å²) in [5.41, 5.74) is 12.3. The van der Waals surface area contributed by atoms with Crippen LogP contribution >= 0.6 is 11.6 Å². The molecule has 1 aliphatic carbocycles. The van der Waals surface area contributed by atoms with Gasteiger partial charge in [0.1, 0.15) is 5.82 Å². The lowest BCUT2D eigenvalue weighted by atomic mass is 9.72. The highest BCUT2D eigenvalue weighted by molar-refractivity contribution is 6.30. The third kappa shape index (κ3) is 2.08. The van der Waals surface area contributed by atoms with E-state index in [2.05, 4.69) is 28.6 Å². The van der Waals surface area contributed by atoms with Gasteiger partial charge in [-0.3, -0.25) is 11.3 Å². The lowest BCUT2D eigenvalue weighted by Gasteiger charge is -2.36. The SMILES string of the molecule is NNC(c1cc(Cl)cnc1N)C1Cc2ccccc21. The molecule has 1 aliphatic rings. The van der Waals surface area contributed by atoms with E-state index in [9.17, 15) is 0 Å². The molecule has 2 atom stereocenters. The van der Waals surface area contributed by atoms with Crippen LogP contribution in [-0.2, 0) is 6.42 Å². The van der Waals surface area contributed by atoms with E-state index in [-0.39, 0.29) is 6.04 Å². The third-order valence-corrected chi connectivity index (χ3v) is 3.93. The van der Waals surface area contributed by atoms with Crippen LogP contribution in [0.15, 0.2) is 36.5 Å². The normalized spacial score (nSPS) is 18.5. The van der Waals surface area contributed by atoms with Gasteiger partial charge in [-0.1, -0.05) is 35.9 Å². The summed E-state index contributed by atoms with van der Waals surface area (Å²) in [5.74, 6) is 6.49. The number of pyridine rings is 1. The first-order valence-corrected chi connectivity index (χ1v) is 6.53. The minimum atomic E-state index is -0.0684. The number of rotatable bonds is 3. The largest absolute Gasteiger partial charge is 0.383 e. The maximum Gasteiger partial charge on any atom is 0.128 e. The van der Waals surface area contributed by atoms with Crippen molar-refractivity contribution in [3.63, 3.8) is 0 Å². The summed E-state index contributed by atoms with van der Waals surface area (Å²) >= 11 is 6.00. The van der Waals surface area contributed by atoms with Crippen LogP contribution in [0.1, 0.15) is 28.7 Å². The van der Waals surface area contributed by atoms with Crippen molar-refractivity contribution in [2.24, 2.45) is 5.84 Å². The molecular formula is C14H15ClN4. The number of hydrogen-bond donors (Lipinski definition) is 3. The zero-order chi connectivity index (χ0) is 13.4. The zero-order valence-electron chi connectivity index (χ0n) is 10.3. The lowest BCUT2D eigenvalue weighted by Crippen LogP contribution is -2.37. The Morgan fingerprint density at radius 2 is 2.16 bits per heavy atom. The number of fused-ring (bicyclic) bond motifs is 1. The van der Waals surface area contributed by atoms with Gasteiger partial charge in [0.05, 0.1) is 11.1 Å². The van der Waals surface area contributed by atoms with Crippen LogP contribution in [0.4, 0.5) is 5.82 Å². The second-order valence-corrected chi connectivity index (χ2v) is 5.22. The first-order chi connectivity index (χ1) is 9.20. The van der Waals surface area contributed by atoms with Crippen molar-refractivity contribution >= 4 is 17.4 Å². The van der Waals surface area contributed by atoms with Gasteiger partial charge in [-0.05, 0) is 23.6 Å². The van der Waals surface area contributed by atoms with E-state index >= 15 is 0 Å². The molecule has 1 heterocycles. The average molecular weight is 275 g/mol. The molecule has 0 saturated carbocycles. The predicted octanol–water partition coefficient (Wildman–Crippen LogP) is 2.16. The Morgan fingerprint density at radius 3 is 2.89 bits per heavy atom. The molecule has 0 saturated heterocycles. The summed E-state index contributed by atoms with van der Waals surface area (Å²) in [6.45, 7) is 0. The van der Waals surface area contributed by atoms with Gasteiger partial charge in [-0.2, -0.15) is 0 Å². The van der Waals surface area contributed by atoms with E-state index < -0.39 is 0 Å². The fourth-order valence-corrected chi connectivity index (χ4v) is 2.90. The van der Waals surface area contributed by atoms with Crippen molar-refractivity contribution in [3.8, 4) is 0 Å². The topological polar surface area (TPSA) is 77.0 Å². The molecule has 4 nitrogen and oxygen atoms in total. The van der Waals surface area contributed by atoms with Crippen molar-refractivity contribution in [2.45, 2.75) is 18.4 Å². The number of benzene rings is 1. The van der Waals surface area contributed by atoms with E-state index in [1.165, 1.54) is 11.1 Å². The summed E-state index contributed by atoms with van der Waals surface area (Å²) in [6, 6.07) is 10.1. The van der Waals surface area contributed by atoms with E-state index in [1.807, 2.05) is 12.1 Å². The summed E-state index contributed by atoms with van der Waals surface area (Å²) in [4.78, 5) is 4.09. The zero-order valence-corrected chi connectivity index (χ0v) is 11.1. The molecule has 1 aromatic carbocycles. The average Bonchev–Trinajstić information content (AvgIpc) is 2.39. The molecule has 0 spiro atoms. The second kappa shape index (κ2) is 4.81. The number of anilines is 1. The van der Waals surface area contributed by atoms with Crippen LogP contribution < -0.4 is 17.0 Å². The minimum absolute atomic E-state index is 0.0684. The highest BCUT2D eigenvalue weighted by Crippen LogP contribution is 2.44. The van der Waals surface area contributed by atoms with Crippen LogP contribution in [0.3, 0.4) is 0 Å². The number of hydrazine groups is 1. The molecule has 2 unspecified atom stereocenters. The lowest BCUT2D eigenvalue weighted by molar-refractivity contribution is 0.419. The van der Waals surface area contributed by atoms with E-state index in [1.54, 1.807) is 6.20 Å². The molecule has 19 heavy (non-hydrogen) atoms. The molecule has 98 valence electrons. The number of hydrogen-bond acceptors (Lipinski definition) is 4. The molecule has 0 fully saturated rings. The third-order valence-electron chi connectivity index (χ3n) is 3.73. The predicted molar refractivity (Wildman–Crippen MR) is 76.6 cm³/mol. The molecule has 0 amide bonds. The Labute approximate surface area is 116 Å². The Kier molecular flexibility index (Phi) is 3.14. The quantitative estimate of drug-likeness (QED) is 0.592. The summed E-state index contributed by atoms with van der Waals surface area (Å²) in [6.07, 6.45) is 2.53. The Balaban J connectivity index is 1.97. The number of nitrogens with two attached hydrogens (primary N) is 2. The first kappa shape index (κ1) is 12.4. The van der Waals surface area contributed by atoms with Gasteiger partial charge in [0.15, 0.2) is 0 Å². The molecule has 1 aromatic heterocycles. The summed E-state index contributed by atoms with van der Waals surface area (Å²) < 4.78 is 0. The summed E-state index contributed by atoms with van der Waals surface area (Å²) in [5, 5.41) is 0.567. The molecular weight excluding hydrogens is 260 g/mol. The second-order valence-electron chi connectivity index (χ2n) is 4.78. The van der Waals surface area contributed by atoms with Crippen LogP contribution in [0.25, 0.3) is 0 Å². The van der Waals surface area contributed by atoms with E-state index in [0.29, 0.717) is 16.8 Å². The van der Waals surface area contributed by atoms with Crippen molar-refractivity contribution in [3.05, 3.63) is 58.2 Å². The molecule has 5 heteroatoms. The van der Waals surface area contributed by atoms with Gasteiger partial charge >= 0.3 is 0 Å². The van der Waals surface area contributed by atoms with Crippen molar-refractivity contribution < 1.29 is 0 Å². The number of nitrogen functional groups attached to an aromatic ring is 1. The standard InChI is InChI=1S/C14H15ClN4/c15-9-6-12(14(16)18-7-9)13(19-17)11-5-8-3-1-2-4-10(8)11/h1-4,6-7,11,13,19H,5,17H2,(H2,16,18). The number of nitrogens with one attached hydrogen (secondary N) is 1. The van der Waals surface area contributed by atoms with Gasteiger partial charge in [0.25, 0.3) is 0 Å². The fraction of sp³-hybridized carbons (Fsp3) is 0.214. The number of halogens is 1.